The number of nitrogens with two attached hydrogens (primary N) is 1. The van der Waals surface area contributed by atoms with Crippen molar-refractivity contribution in [2.75, 3.05) is 5.73 Å². The molecule has 0 unspecified atom stereocenters. The Bertz CT molecular complexity index is 693. The van der Waals surface area contributed by atoms with E-state index in [1.165, 1.54) is 0 Å². The van der Waals surface area contributed by atoms with Crippen LogP contribution in [0.2, 0.25) is 0 Å². The van der Waals surface area contributed by atoms with E-state index in [1.807, 2.05) is 13.2 Å². The van der Waals surface area contributed by atoms with Gasteiger partial charge in [0.25, 0.3) is 5.89 Å². The van der Waals surface area contributed by atoms with E-state index in [0.717, 1.165) is 0 Å². The van der Waals surface area contributed by atoms with Gasteiger partial charge in [-0.05, 0) is 0 Å². The Hall–Kier alpha value is -2.64. The molecule has 0 saturated carbocycles. The smallest absolute Gasteiger partial charge is 0.263 e. The Kier molecular flexibility index (Phi) is 2.15. The maximum absolute atomic E-state index is 5.84. The van der Waals surface area contributed by atoms with Crippen LogP contribution in [0, 0.1) is 0 Å². The lowest BCUT2D eigenvalue weighted by molar-refractivity contribution is 0.432. The highest BCUT2D eigenvalue weighted by Gasteiger charge is 2.17. The third-order valence-electron chi connectivity index (χ3n) is 2.66. The molecule has 0 fully saturated rings. The molecule has 0 amide bonds. The summed E-state index contributed by atoms with van der Waals surface area (Å²) in [4.78, 5) is 8.41. The molecule has 3 aromatic rings. The number of nitrogens with zero attached hydrogens (tertiary/aromatic N) is 6. The lowest BCUT2D eigenvalue weighted by atomic mass is 10.3. The van der Waals surface area contributed by atoms with Crippen molar-refractivity contribution in [2.24, 2.45) is 14.1 Å². The fraction of sp³-hybridized carbons (Fsp3) is 0.200. The van der Waals surface area contributed by atoms with Gasteiger partial charge in [-0.2, -0.15) is 10.1 Å². The Morgan fingerprint density at radius 3 is 2.78 bits per heavy atom. The molecular weight excluding hydrogens is 234 g/mol. The van der Waals surface area contributed by atoms with Crippen LogP contribution in [-0.2, 0) is 14.1 Å². The Labute approximate surface area is 102 Å². The van der Waals surface area contributed by atoms with Gasteiger partial charge in [-0.3, -0.25) is 4.68 Å². The molecule has 92 valence electrons. The first-order valence-corrected chi connectivity index (χ1v) is 5.26. The summed E-state index contributed by atoms with van der Waals surface area (Å²) < 4.78 is 8.52. The zero-order chi connectivity index (χ0) is 12.7. The highest BCUT2D eigenvalue weighted by molar-refractivity contribution is 5.67. The van der Waals surface area contributed by atoms with Crippen molar-refractivity contribution >= 4 is 5.82 Å². The number of hydrogen-bond acceptors (Lipinski definition) is 6. The first kappa shape index (κ1) is 10.5. The molecule has 0 atom stereocenters. The number of rotatable bonds is 2. The van der Waals surface area contributed by atoms with E-state index in [2.05, 4.69) is 20.2 Å². The van der Waals surface area contributed by atoms with Gasteiger partial charge >= 0.3 is 0 Å². The lowest BCUT2D eigenvalue weighted by Gasteiger charge is -1.94. The second kappa shape index (κ2) is 3.69. The monoisotopic (exact) mass is 245 g/mol. The van der Waals surface area contributed by atoms with Gasteiger partial charge in [-0.15, -0.1) is 0 Å². The second-order valence-corrected chi connectivity index (χ2v) is 3.85. The summed E-state index contributed by atoms with van der Waals surface area (Å²) in [6.45, 7) is 0. The third-order valence-corrected chi connectivity index (χ3v) is 2.66. The van der Waals surface area contributed by atoms with Gasteiger partial charge in [-0.25, -0.2) is 4.98 Å². The van der Waals surface area contributed by atoms with E-state index < -0.39 is 0 Å². The Morgan fingerprint density at radius 1 is 1.33 bits per heavy atom. The van der Waals surface area contributed by atoms with Gasteiger partial charge in [-0.1, -0.05) is 5.16 Å². The van der Waals surface area contributed by atoms with Crippen molar-refractivity contribution in [2.45, 2.75) is 0 Å². The van der Waals surface area contributed by atoms with Crippen LogP contribution in [0.25, 0.3) is 23.1 Å². The fourth-order valence-electron chi connectivity index (χ4n) is 1.62. The van der Waals surface area contributed by atoms with E-state index in [1.54, 1.807) is 28.7 Å². The Balaban J connectivity index is 2.05. The molecular formula is C10H11N7O. The zero-order valence-corrected chi connectivity index (χ0v) is 9.90. The molecule has 18 heavy (non-hydrogen) atoms. The minimum atomic E-state index is 0.332. The zero-order valence-electron chi connectivity index (χ0n) is 9.90. The van der Waals surface area contributed by atoms with Crippen LogP contribution in [0.4, 0.5) is 5.82 Å². The summed E-state index contributed by atoms with van der Waals surface area (Å²) in [7, 11) is 3.60. The lowest BCUT2D eigenvalue weighted by Crippen LogP contribution is -1.98. The summed E-state index contributed by atoms with van der Waals surface area (Å²) in [5, 5.41) is 7.91. The quantitative estimate of drug-likeness (QED) is 0.703. The maximum atomic E-state index is 5.84. The molecule has 0 aliphatic heterocycles. The summed E-state index contributed by atoms with van der Waals surface area (Å²) in [5.74, 6) is 1.86. The average molecular weight is 245 g/mol. The standard InChI is InChI=1S/C10H11N7O/c1-16-4-3-12-9(16)8-14-10(18-15-8)6-5-13-17(2)7(6)11/h3-5H,11H2,1-2H3. The molecule has 0 aliphatic rings. The number of aromatic nitrogens is 6. The van der Waals surface area contributed by atoms with E-state index in [4.69, 9.17) is 10.3 Å². The molecule has 0 bridgehead atoms. The van der Waals surface area contributed by atoms with Gasteiger partial charge in [0.05, 0.1) is 6.20 Å². The highest BCUT2D eigenvalue weighted by atomic mass is 16.5. The molecule has 0 aliphatic carbocycles. The van der Waals surface area contributed by atoms with Crippen molar-refractivity contribution < 1.29 is 4.52 Å². The predicted octanol–water partition coefficient (Wildman–Crippen LogP) is 0.453. The normalized spacial score (nSPS) is 11.0. The van der Waals surface area contributed by atoms with Crippen LogP contribution >= 0.6 is 0 Å². The van der Waals surface area contributed by atoms with Crippen LogP contribution in [0.3, 0.4) is 0 Å². The molecule has 0 spiro atoms. The van der Waals surface area contributed by atoms with Gasteiger partial charge in [0.1, 0.15) is 11.4 Å². The van der Waals surface area contributed by atoms with Gasteiger partial charge in [0.2, 0.25) is 5.82 Å². The molecule has 8 heteroatoms. The minimum Gasteiger partial charge on any atom is -0.383 e. The minimum absolute atomic E-state index is 0.332. The molecule has 0 saturated heterocycles. The third kappa shape index (κ3) is 1.46. The van der Waals surface area contributed by atoms with Crippen molar-refractivity contribution in [3.63, 3.8) is 0 Å². The maximum Gasteiger partial charge on any atom is 0.263 e. The molecule has 0 radical (unpaired) electrons. The van der Waals surface area contributed by atoms with E-state index in [0.29, 0.717) is 28.9 Å². The van der Waals surface area contributed by atoms with E-state index in [-0.39, 0.29) is 0 Å². The topological polar surface area (TPSA) is 101 Å². The summed E-state index contributed by atoms with van der Waals surface area (Å²) in [6, 6.07) is 0. The SMILES string of the molecule is Cn1ccnc1-c1noc(-c2cnn(C)c2N)n1. The van der Waals surface area contributed by atoms with E-state index >= 15 is 0 Å². The number of nitrogen functional groups attached to an aromatic ring is 1. The predicted molar refractivity (Wildman–Crippen MR) is 63.1 cm³/mol. The number of anilines is 1. The molecule has 3 aromatic heterocycles. The number of aryl methyl sites for hydroxylation is 2. The molecule has 3 rings (SSSR count). The second-order valence-electron chi connectivity index (χ2n) is 3.85. The van der Waals surface area contributed by atoms with Crippen LogP contribution in [0.1, 0.15) is 0 Å². The average Bonchev–Trinajstić information content (AvgIpc) is 3.02. The van der Waals surface area contributed by atoms with Crippen LogP contribution in [-0.4, -0.2) is 29.5 Å². The fourth-order valence-corrected chi connectivity index (χ4v) is 1.62. The van der Waals surface area contributed by atoms with Gasteiger partial charge < -0.3 is 14.8 Å². The van der Waals surface area contributed by atoms with Crippen molar-refractivity contribution in [3.05, 3.63) is 18.6 Å². The molecule has 8 nitrogen and oxygen atoms in total. The first-order valence-electron chi connectivity index (χ1n) is 5.26. The Morgan fingerprint density at radius 2 is 2.17 bits per heavy atom. The molecule has 0 aromatic carbocycles. The van der Waals surface area contributed by atoms with Crippen molar-refractivity contribution in [1.82, 2.24) is 29.5 Å². The van der Waals surface area contributed by atoms with Gasteiger partial charge in [0, 0.05) is 26.5 Å². The van der Waals surface area contributed by atoms with Gasteiger partial charge in [0.15, 0.2) is 5.82 Å². The first-order chi connectivity index (χ1) is 8.66. The van der Waals surface area contributed by atoms with Crippen molar-refractivity contribution in [3.8, 4) is 23.1 Å². The number of hydrogen-bond donors (Lipinski definition) is 1. The largest absolute Gasteiger partial charge is 0.383 e. The highest BCUT2D eigenvalue weighted by Crippen LogP contribution is 2.25. The van der Waals surface area contributed by atoms with Crippen LogP contribution in [0.15, 0.2) is 23.1 Å². The van der Waals surface area contributed by atoms with E-state index in [9.17, 15) is 0 Å². The number of imidazole rings is 1. The summed E-state index contributed by atoms with van der Waals surface area (Å²) in [6.07, 6.45) is 5.07. The molecule has 2 N–H and O–H groups in total. The summed E-state index contributed by atoms with van der Waals surface area (Å²) >= 11 is 0. The molecule has 3 heterocycles. The van der Waals surface area contributed by atoms with Crippen molar-refractivity contribution in [1.29, 1.82) is 0 Å². The van der Waals surface area contributed by atoms with Crippen LogP contribution in [0.5, 0.6) is 0 Å². The summed E-state index contributed by atoms with van der Waals surface area (Å²) in [5.41, 5.74) is 6.46. The van der Waals surface area contributed by atoms with Crippen LogP contribution < -0.4 is 5.73 Å².